The highest BCUT2D eigenvalue weighted by Crippen LogP contribution is 2.23. The minimum absolute atomic E-state index is 0.158. The summed E-state index contributed by atoms with van der Waals surface area (Å²) >= 11 is 3.01. The Labute approximate surface area is 161 Å². The van der Waals surface area contributed by atoms with Crippen molar-refractivity contribution in [1.82, 2.24) is 10.3 Å². The Hall–Kier alpha value is -1.71. The van der Waals surface area contributed by atoms with Crippen LogP contribution in [0.15, 0.2) is 45.8 Å². The first-order valence-corrected chi connectivity index (χ1v) is 10.5. The van der Waals surface area contributed by atoms with Crippen LogP contribution in [0.4, 0.5) is 16.0 Å². The van der Waals surface area contributed by atoms with Crippen molar-refractivity contribution in [3.8, 4) is 0 Å². The molecule has 1 saturated heterocycles. The molecule has 2 heterocycles. The van der Waals surface area contributed by atoms with E-state index in [2.05, 4.69) is 49.7 Å². The van der Waals surface area contributed by atoms with Gasteiger partial charge in [-0.3, -0.25) is 4.72 Å². The Balaban J connectivity index is 1.83. The van der Waals surface area contributed by atoms with E-state index in [1.54, 1.807) is 12.1 Å². The van der Waals surface area contributed by atoms with Crippen molar-refractivity contribution < 1.29 is 12.8 Å². The molecule has 0 spiro atoms. The number of halogens is 2. The number of pyridine rings is 1. The molecule has 6 nitrogen and oxygen atoms in total. The zero-order valence-electron chi connectivity index (χ0n) is 14.4. The molecular weight excluding hydrogens is 423 g/mol. The first-order chi connectivity index (χ1) is 12.2. The Bertz CT molecular complexity index is 899. The molecular formula is C17H20BrFN4O2S. The second-order valence-electron chi connectivity index (χ2n) is 6.44. The van der Waals surface area contributed by atoms with E-state index >= 15 is 0 Å². The van der Waals surface area contributed by atoms with Gasteiger partial charge in [0.1, 0.15) is 17.5 Å². The number of benzene rings is 1. The zero-order chi connectivity index (χ0) is 18.9. The van der Waals surface area contributed by atoms with Crippen molar-refractivity contribution in [2.75, 3.05) is 22.7 Å². The Morgan fingerprint density at radius 2 is 1.92 bits per heavy atom. The number of rotatable bonds is 4. The molecule has 0 unspecified atom stereocenters. The van der Waals surface area contributed by atoms with Gasteiger partial charge in [0.05, 0.1) is 9.37 Å². The zero-order valence-corrected chi connectivity index (χ0v) is 16.8. The maximum atomic E-state index is 13.7. The molecule has 3 rings (SSSR count). The lowest BCUT2D eigenvalue weighted by Crippen LogP contribution is -2.54. The summed E-state index contributed by atoms with van der Waals surface area (Å²) in [6.45, 7) is 5.76. The lowest BCUT2D eigenvalue weighted by atomic mass is 10.1. The predicted octanol–water partition coefficient (Wildman–Crippen LogP) is 2.97. The molecule has 0 amide bonds. The van der Waals surface area contributed by atoms with Gasteiger partial charge in [-0.2, -0.15) is 0 Å². The molecule has 2 aromatic rings. The molecule has 0 aliphatic carbocycles. The highest BCUT2D eigenvalue weighted by molar-refractivity contribution is 9.10. The van der Waals surface area contributed by atoms with E-state index in [0.29, 0.717) is 17.9 Å². The molecule has 0 radical (unpaired) electrons. The van der Waals surface area contributed by atoms with E-state index in [-0.39, 0.29) is 15.2 Å². The van der Waals surface area contributed by atoms with Gasteiger partial charge < -0.3 is 10.2 Å². The number of sulfonamides is 1. The molecule has 0 saturated carbocycles. The molecule has 1 aromatic carbocycles. The van der Waals surface area contributed by atoms with Gasteiger partial charge >= 0.3 is 0 Å². The number of aromatic nitrogens is 1. The van der Waals surface area contributed by atoms with Crippen LogP contribution in [0.3, 0.4) is 0 Å². The van der Waals surface area contributed by atoms with Crippen molar-refractivity contribution in [3.63, 3.8) is 0 Å². The fourth-order valence-corrected chi connectivity index (χ4v) is 4.27. The number of piperazine rings is 1. The normalized spacial score (nSPS) is 20.8. The molecule has 26 heavy (non-hydrogen) atoms. The third-order valence-electron chi connectivity index (χ3n) is 4.06. The number of hydrogen-bond acceptors (Lipinski definition) is 5. The van der Waals surface area contributed by atoms with Crippen molar-refractivity contribution >= 4 is 37.6 Å². The third kappa shape index (κ3) is 4.33. The average Bonchev–Trinajstić information content (AvgIpc) is 2.56. The molecule has 2 atom stereocenters. The van der Waals surface area contributed by atoms with Crippen molar-refractivity contribution in [3.05, 3.63) is 46.7 Å². The van der Waals surface area contributed by atoms with Gasteiger partial charge in [-0.05, 0) is 60.1 Å². The molecule has 1 fully saturated rings. The number of hydrogen-bond donors (Lipinski definition) is 2. The fraction of sp³-hybridized carbons (Fsp3) is 0.353. The summed E-state index contributed by atoms with van der Waals surface area (Å²) in [6, 6.07) is 9.46. The first-order valence-electron chi connectivity index (χ1n) is 8.20. The number of anilines is 2. The lowest BCUT2D eigenvalue weighted by molar-refractivity contribution is 0.405. The Kier molecular flexibility index (Phi) is 5.50. The van der Waals surface area contributed by atoms with Gasteiger partial charge in [-0.1, -0.05) is 6.07 Å². The second-order valence-corrected chi connectivity index (χ2v) is 8.97. The summed E-state index contributed by atoms with van der Waals surface area (Å²) in [6.07, 6.45) is 0. The minimum atomic E-state index is -3.93. The van der Waals surface area contributed by atoms with Gasteiger partial charge in [-0.15, -0.1) is 0 Å². The average molecular weight is 443 g/mol. The SMILES string of the molecule is C[C@@H]1CN(c2cccc(NS(=O)(=O)c3ccc(Br)c(F)c3)n2)C[C@H](C)N1. The van der Waals surface area contributed by atoms with Crippen LogP contribution in [0.1, 0.15) is 13.8 Å². The number of nitrogens with zero attached hydrogens (tertiary/aromatic N) is 2. The summed E-state index contributed by atoms with van der Waals surface area (Å²) in [5.41, 5.74) is 0. The van der Waals surface area contributed by atoms with Crippen molar-refractivity contribution in [2.24, 2.45) is 0 Å². The van der Waals surface area contributed by atoms with E-state index < -0.39 is 15.8 Å². The maximum Gasteiger partial charge on any atom is 0.263 e. The van der Waals surface area contributed by atoms with E-state index in [1.807, 2.05) is 6.07 Å². The standard InChI is InChI=1S/C17H20BrFN4O2S/c1-11-9-23(10-12(2)20-11)17-5-3-4-16(21-17)22-26(24,25)13-6-7-14(18)15(19)8-13/h3-8,11-12,20H,9-10H2,1-2H3,(H,21,22)/t11-,12+. The number of nitrogens with one attached hydrogen (secondary N) is 2. The second kappa shape index (κ2) is 7.50. The molecule has 9 heteroatoms. The monoisotopic (exact) mass is 442 g/mol. The van der Waals surface area contributed by atoms with E-state index in [1.165, 1.54) is 12.1 Å². The molecule has 1 aliphatic heterocycles. The van der Waals surface area contributed by atoms with E-state index in [0.717, 1.165) is 19.2 Å². The van der Waals surface area contributed by atoms with E-state index in [9.17, 15) is 12.8 Å². The van der Waals surface area contributed by atoms with Crippen LogP contribution in [0.25, 0.3) is 0 Å². The van der Waals surface area contributed by atoms with Crippen LogP contribution in [-0.2, 0) is 10.0 Å². The quantitative estimate of drug-likeness (QED) is 0.760. The van der Waals surface area contributed by atoms with Crippen LogP contribution < -0.4 is 14.9 Å². The highest BCUT2D eigenvalue weighted by Gasteiger charge is 2.23. The van der Waals surface area contributed by atoms with Crippen LogP contribution >= 0.6 is 15.9 Å². The Morgan fingerprint density at radius 1 is 1.23 bits per heavy atom. The topological polar surface area (TPSA) is 74.3 Å². The first kappa shape index (κ1) is 19.1. The predicted molar refractivity (Wildman–Crippen MR) is 103 cm³/mol. The van der Waals surface area contributed by atoms with Crippen molar-refractivity contribution in [1.29, 1.82) is 0 Å². The van der Waals surface area contributed by atoms with Crippen LogP contribution in [-0.4, -0.2) is 38.6 Å². The summed E-state index contributed by atoms with van der Waals surface area (Å²) < 4.78 is 41.3. The maximum absolute atomic E-state index is 13.7. The van der Waals surface area contributed by atoms with Crippen molar-refractivity contribution in [2.45, 2.75) is 30.8 Å². The minimum Gasteiger partial charge on any atom is -0.353 e. The van der Waals surface area contributed by atoms with Crippen LogP contribution in [0.5, 0.6) is 0 Å². The fourth-order valence-electron chi connectivity index (χ4n) is 3.01. The van der Waals surface area contributed by atoms with Gasteiger partial charge in [0, 0.05) is 25.2 Å². The van der Waals surface area contributed by atoms with Crippen LogP contribution in [0.2, 0.25) is 0 Å². The molecule has 2 N–H and O–H groups in total. The summed E-state index contributed by atoms with van der Waals surface area (Å²) in [5.74, 6) is 0.260. The Morgan fingerprint density at radius 3 is 2.58 bits per heavy atom. The summed E-state index contributed by atoms with van der Waals surface area (Å²) in [4.78, 5) is 6.38. The lowest BCUT2D eigenvalue weighted by Gasteiger charge is -2.37. The van der Waals surface area contributed by atoms with Gasteiger partial charge in [0.15, 0.2) is 0 Å². The largest absolute Gasteiger partial charge is 0.353 e. The smallest absolute Gasteiger partial charge is 0.263 e. The molecule has 140 valence electrons. The molecule has 0 bridgehead atoms. The third-order valence-corrected chi connectivity index (χ3v) is 6.05. The summed E-state index contributed by atoms with van der Waals surface area (Å²) in [7, 11) is -3.93. The molecule has 1 aliphatic rings. The highest BCUT2D eigenvalue weighted by atomic mass is 79.9. The van der Waals surface area contributed by atoms with Gasteiger partial charge in [0.25, 0.3) is 10.0 Å². The van der Waals surface area contributed by atoms with E-state index in [4.69, 9.17) is 0 Å². The van der Waals surface area contributed by atoms with Gasteiger partial charge in [0.2, 0.25) is 0 Å². The van der Waals surface area contributed by atoms with Crippen LogP contribution in [0, 0.1) is 5.82 Å². The van der Waals surface area contributed by atoms with Gasteiger partial charge in [-0.25, -0.2) is 17.8 Å². The molecule has 1 aromatic heterocycles. The summed E-state index contributed by atoms with van der Waals surface area (Å²) in [5, 5.41) is 3.44.